The first kappa shape index (κ1) is 27.3. The lowest BCUT2D eigenvalue weighted by Crippen LogP contribution is -2.60. The van der Waals surface area contributed by atoms with Crippen LogP contribution in [0.25, 0.3) is 5.65 Å². The van der Waals surface area contributed by atoms with Gasteiger partial charge in [0.05, 0.1) is 6.07 Å². The predicted molar refractivity (Wildman–Crippen MR) is 128 cm³/mol. The van der Waals surface area contributed by atoms with E-state index in [9.17, 15) is 32.8 Å². The van der Waals surface area contributed by atoms with Crippen molar-refractivity contribution in [2.75, 3.05) is 6.54 Å². The maximum atomic E-state index is 13.6. The van der Waals surface area contributed by atoms with Gasteiger partial charge in [-0.05, 0) is 47.3 Å². The van der Waals surface area contributed by atoms with Crippen molar-refractivity contribution in [2.24, 2.45) is 22.7 Å². The van der Waals surface area contributed by atoms with E-state index in [1.54, 1.807) is 23.6 Å². The molecule has 2 N–H and O–H groups in total. The van der Waals surface area contributed by atoms with Gasteiger partial charge in [0, 0.05) is 12.2 Å². The number of amides is 3. The zero-order chi connectivity index (χ0) is 28.4. The van der Waals surface area contributed by atoms with Crippen LogP contribution in [0.2, 0.25) is 0 Å². The molecule has 3 amide bonds. The summed E-state index contributed by atoms with van der Waals surface area (Å²) in [7, 11) is 0. The number of aryl methyl sites for hydroxylation is 1. The van der Waals surface area contributed by atoms with Crippen LogP contribution in [-0.2, 0) is 14.4 Å². The number of pyridine rings is 1. The Hall–Kier alpha value is -3.69. The second-order valence-electron chi connectivity index (χ2n) is 11.7. The van der Waals surface area contributed by atoms with Gasteiger partial charge in [0.2, 0.25) is 11.8 Å². The highest BCUT2D eigenvalue weighted by molar-refractivity contribution is 5.95. The molecule has 0 bridgehead atoms. The molecule has 2 fully saturated rings. The van der Waals surface area contributed by atoms with Crippen molar-refractivity contribution in [3.63, 3.8) is 0 Å². The molecule has 1 saturated carbocycles. The minimum absolute atomic E-state index is 0.0451. The quantitative estimate of drug-likeness (QED) is 0.606. The third kappa shape index (κ3) is 4.68. The van der Waals surface area contributed by atoms with Crippen molar-refractivity contribution in [1.29, 1.82) is 5.26 Å². The Morgan fingerprint density at radius 3 is 2.42 bits per heavy atom. The van der Waals surface area contributed by atoms with Gasteiger partial charge in [-0.25, -0.2) is 9.50 Å². The van der Waals surface area contributed by atoms with Crippen LogP contribution in [0.3, 0.4) is 0 Å². The van der Waals surface area contributed by atoms with E-state index in [1.807, 2.05) is 19.2 Å². The second kappa shape index (κ2) is 8.96. The molecule has 10 nitrogen and oxygen atoms in total. The Morgan fingerprint density at radius 2 is 1.84 bits per heavy atom. The minimum Gasteiger partial charge on any atom is -0.336 e. The van der Waals surface area contributed by atoms with Gasteiger partial charge in [0.15, 0.2) is 5.65 Å². The zero-order valence-electron chi connectivity index (χ0n) is 21.9. The number of rotatable bonds is 5. The first-order valence-electron chi connectivity index (χ1n) is 12.2. The summed E-state index contributed by atoms with van der Waals surface area (Å²) in [5, 5.41) is 18.5. The molecule has 0 aromatic carbocycles. The first-order chi connectivity index (χ1) is 17.5. The summed E-state index contributed by atoms with van der Waals surface area (Å²) in [6.45, 7) is 10.5. The lowest BCUT2D eigenvalue weighted by atomic mass is 9.85. The molecule has 2 aromatic rings. The summed E-state index contributed by atoms with van der Waals surface area (Å²) in [5.41, 5.74) is 0.320. The summed E-state index contributed by atoms with van der Waals surface area (Å²) < 4.78 is 40.6. The third-order valence-electron chi connectivity index (χ3n) is 7.73. The van der Waals surface area contributed by atoms with Crippen molar-refractivity contribution in [3.8, 4) is 6.07 Å². The SMILES string of the molecule is Cc1cc(C(C#N)NC(=O)[C@@H]2[C@@H]3[C@H](CN2C(=O)[C@@H](NC(=O)C(F)(F)F)C(C)(C)C)C3(C)C)cc2ncnn12. The maximum absolute atomic E-state index is 13.6. The Bertz CT molecular complexity index is 1340. The summed E-state index contributed by atoms with van der Waals surface area (Å²) in [5.74, 6) is -3.87. The number of nitrogens with one attached hydrogen (secondary N) is 2. The number of hydrogen-bond donors (Lipinski definition) is 2. The number of fused-ring (bicyclic) bond motifs is 2. The van der Waals surface area contributed by atoms with Crippen molar-refractivity contribution in [1.82, 2.24) is 30.1 Å². The molecule has 1 saturated heterocycles. The van der Waals surface area contributed by atoms with E-state index in [0.29, 0.717) is 16.9 Å². The number of likely N-dealkylation sites (tertiary alicyclic amines) is 1. The highest BCUT2D eigenvalue weighted by atomic mass is 19.4. The highest BCUT2D eigenvalue weighted by Gasteiger charge is 2.70. The molecule has 1 unspecified atom stereocenters. The van der Waals surface area contributed by atoms with Gasteiger partial charge in [-0.15, -0.1) is 0 Å². The number of nitriles is 1. The van der Waals surface area contributed by atoms with E-state index in [-0.39, 0.29) is 23.8 Å². The maximum Gasteiger partial charge on any atom is 0.471 e. The van der Waals surface area contributed by atoms with E-state index in [4.69, 9.17) is 0 Å². The number of aromatic nitrogens is 3. The highest BCUT2D eigenvalue weighted by Crippen LogP contribution is 2.65. The average Bonchev–Trinajstić information content (AvgIpc) is 3.22. The summed E-state index contributed by atoms with van der Waals surface area (Å²) in [6.07, 6.45) is -3.80. The molecular weight excluding hydrogens is 503 g/mol. The molecule has 13 heteroatoms. The largest absolute Gasteiger partial charge is 0.471 e. The standard InChI is InChI=1S/C25H30F3N7O3/c1-12-7-13(8-16-30-11-31-35(12)16)15(9-29)32-20(36)18-17-14(24(17,5)6)10-34(18)21(37)19(23(2,3)4)33-22(38)25(26,27)28/h7-8,11,14-15,17-19H,10H2,1-6H3,(H,32,36)(H,33,38)/t14-,15?,17-,18-,19+/m0/s1. The first-order valence-corrected chi connectivity index (χ1v) is 12.2. The van der Waals surface area contributed by atoms with Gasteiger partial charge < -0.3 is 15.5 Å². The van der Waals surface area contributed by atoms with Gasteiger partial charge in [0.25, 0.3) is 0 Å². The number of alkyl halides is 3. The van der Waals surface area contributed by atoms with Crippen LogP contribution < -0.4 is 10.6 Å². The number of halogens is 3. The van der Waals surface area contributed by atoms with Crippen molar-refractivity contribution >= 4 is 23.4 Å². The molecule has 1 aliphatic carbocycles. The van der Waals surface area contributed by atoms with Crippen LogP contribution in [0.15, 0.2) is 18.5 Å². The van der Waals surface area contributed by atoms with Crippen LogP contribution in [0.4, 0.5) is 13.2 Å². The fourth-order valence-corrected chi connectivity index (χ4v) is 5.54. The van der Waals surface area contributed by atoms with Gasteiger partial charge >= 0.3 is 12.1 Å². The molecule has 4 rings (SSSR count). The van der Waals surface area contributed by atoms with Gasteiger partial charge in [-0.3, -0.25) is 14.4 Å². The third-order valence-corrected chi connectivity index (χ3v) is 7.73. The van der Waals surface area contributed by atoms with Gasteiger partial charge in [-0.2, -0.15) is 23.5 Å². The number of piperidine rings is 1. The monoisotopic (exact) mass is 533 g/mol. The number of carbonyl (C=O) groups excluding carboxylic acids is 3. The molecule has 1 aliphatic heterocycles. The fraction of sp³-hybridized carbons (Fsp3) is 0.600. The Morgan fingerprint density at radius 1 is 1.18 bits per heavy atom. The Kier molecular flexibility index (Phi) is 6.45. The average molecular weight is 534 g/mol. The van der Waals surface area contributed by atoms with E-state index in [2.05, 4.69) is 21.5 Å². The molecule has 0 radical (unpaired) electrons. The molecule has 38 heavy (non-hydrogen) atoms. The van der Waals surface area contributed by atoms with Crippen LogP contribution >= 0.6 is 0 Å². The van der Waals surface area contributed by atoms with Gasteiger partial charge in [-0.1, -0.05) is 34.6 Å². The topological polar surface area (TPSA) is 132 Å². The van der Waals surface area contributed by atoms with E-state index < -0.39 is 47.4 Å². The molecule has 3 heterocycles. The normalized spacial score (nSPS) is 23.8. The molecular formula is C25H30F3N7O3. The fourth-order valence-electron chi connectivity index (χ4n) is 5.54. The van der Waals surface area contributed by atoms with Crippen LogP contribution in [-0.4, -0.2) is 62.0 Å². The predicted octanol–water partition coefficient (Wildman–Crippen LogP) is 2.29. The molecule has 5 atom stereocenters. The van der Waals surface area contributed by atoms with Crippen LogP contribution in [0.1, 0.15) is 51.9 Å². The Balaban J connectivity index is 1.61. The van der Waals surface area contributed by atoms with Crippen molar-refractivity contribution < 1.29 is 27.6 Å². The summed E-state index contributed by atoms with van der Waals surface area (Å²) in [6, 6.07) is 1.79. The Labute approximate surface area is 217 Å². The smallest absolute Gasteiger partial charge is 0.336 e. The number of hydrogen-bond acceptors (Lipinski definition) is 6. The second-order valence-corrected chi connectivity index (χ2v) is 11.7. The van der Waals surface area contributed by atoms with E-state index in [0.717, 1.165) is 0 Å². The number of carbonyl (C=O) groups is 3. The molecule has 2 aliphatic rings. The zero-order valence-corrected chi connectivity index (χ0v) is 21.9. The van der Waals surface area contributed by atoms with Gasteiger partial charge in [0.1, 0.15) is 24.5 Å². The van der Waals surface area contributed by atoms with Crippen LogP contribution in [0.5, 0.6) is 0 Å². The number of nitrogens with zero attached hydrogens (tertiary/aromatic N) is 5. The van der Waals surface area contributed by atoms with E-state index >= 15 is 0 Å². The van der Waals surface area contributed by atoms with E-state index in [1.165, 1.54) is 32.0 Å². The summed E-state index contributed by atoms with van der Waals surface area (Å²) in [4.78, 5) is 44.4. The summed E-state index contributed by atoms with van der Waals surface area (Å²) >= 11 is 0. The molecule has 2 aromatic heterocycles. The molecule has 204 valence electrons. The minimum atomic E-state index is -5.17. The molecule has 0 spiro atoms. The van der Waals surface area contributed by atoms with Crippen LogP contribution in [0, 0.1) is 40.9 Å². The van der Waals surface area contributed by atoms with Crippen molar-refractivity contribution in [3.05, 3.63) is 29.7 Å². The van der Waals surface area contributed by atoms with Crippen molar-refractivity contribution in [2.45, 2.75) is 65.8 Å². The lowest BCUT2D eigenvalue weighted by Gasteiger charge is -2.37. The lowest BCUT2D eigenvalue weighted by molar-refractivity contribution is -0.176.